The lowest BCUT2D eigenvalue weighted by atomic mass is 11.8. The zero-order valence-electron chi connectivity index (χ0n) is 39.3. The Kier molecular flexibility index (Phi) is 1890. The van der Waals surface area contributed by atoms with E-state index in [-0.39, 0.29) is 85.4 Å². The van der Waals surface area contributed by atoms with Gasteiger partial charge in [-0.2, -0.15) is 0 Å². The Morgan fingerprint density at radius 2 is 0.100 bits per heavy atom. The van der Waals surface area contributed by atoms with E-state index in [1.165, 1.54) is 0 Å². The summed E-state index contributed by atoms with van der Waals surface area (Å²) in [4.78, 5) is 0. The summed E-state index contributed by atoms with van der Waals surface area (Å²) in [6.07, 6.45) is 0. The number of hydrogen-bond donors (Lipinski definition) is 11. The van der Waals surface area contributed by atoms with Gasteiger partial charge in [0, 0.05) is 78.2 Å². The Morgan fingerprint density at radius 3 is 0.100 bits per heavy atom. The summed E-state index contributed by atoms with van der Waals surface area (Å²) in [5, 5.41) is 80.1. The summed E-state index contributed by atoms with van der Waals surface area (Å²) < 4.78 is 0. The van der Waals surface area contributed by atoms with Crippen LogP contribution in [0.25, 0.3) is 0 Å². The Balaban J connectivity index is -0.0000000110. The molecule has 0 fully saturated rings. The summed E-state index contributed by atoms with van der Waals surface area (Å²) in [7, 11) is 11.0. The molecule has 0 atom stereocenters. The van der Waals surface area contributed by atoms with Gasteiger partial charge in [-0.25, -0.2) is 0 Å². The molecule has 0 amide bonds. The SMILES string of the molecule is CO.CO.CO.CO.CO.CO.CO.CO.CO.CO.CO.ClCCl.ClCCl.ClCCl.ClCCl.ClCCl.ClCCl.ClCCl.ClCCl.ClCCl.ClCCl.ClCCl.ClCCl.ClCCl.ClCCl.ClCCl.ClCCl. The molecule has 0 saturated carbocycles. The maximum Gasteiger partial charge on any atom is 0.0967 e. The van der Waals surface area contributed by atoms with E-state index in [1.807, 2.05) is 0 Å². The van der Waals surface area contributed by atoms with Crippen molar-refractivity contribution in [1.82, 2.24) is 0 Å². The normalized spacial score (nSPS) is 5.06. The van der Waals surface area contributed by atoms with Gasteiger partial charge in [-0.3, -0.25) is 0 Å². The summed E-state index contributed by atoms with van der Waals surface area (Å²) in [5.41, 5.74) is 0. The highest BCUT2D eigenvalue weighted by Gasteiger charge is 1.46. The molecule has 0 radical (unpaired) electrons. The second kappa shape index (κ2) is 745. The molecule has 0 unspecified atom stereocenters. The smallest absolute Gasteiger partial charge is 0.0967 e. The summed E-state index contributed by atoms with van der Waals surface area (Å²) in [5.74, 6) is 0. The number of rotatable bonds is 0. The lowest BCUT2D eigenvalue weighted by Crippen LogP contribution is -1.25. The molecule has 0 aliphatic heterocycles. The predicted octanol–water partition coefficient (Wildman–Crippen LogP) is 18.4. The fraction of sp³-hybridized carbons (Fsp3) is 1.00. The third-order valence-electron chi connectivity index (χ3n) is 0. The van der Waals surface area contributed by atoms with Gasteiger partial charge >= 0.3 is 0 Å². The second-order valence-corrected chi connectivity index (χ2v) is 14.5. The van der Waals surface area contributed by atoms with Crippen LogP contribution in [0.3, 0.4) is 0 Å². The zero-order chi connectivity index (χ0) is 65.3. The molecule has 0 aromatic rings. The van der Waals surface area contributed by atoms with Crippen molar-refractivity contribution in [3.63, 3.8) is 0 Å². The molecule has 0 aromatic carbocycles. The van der Waals surface area contributed by atoms with Gasteiger partial charge in [0.1, 0.15) is 0 Å². The van der Waals surface area contributed by atoms with E-state index in [9.17, 15) is 0 Å². The first-order valence-corrected chi connectivity index (χ1v) is 30.6. The van der Waals surface area contributed by atoms with Crippen molar-refractivity contribution < 1.29 is 56.2 Å². The van der Waals surface area contributed by atoms with E-state index in [1.54, 1.807) is 0 Å². The van der Waals surface area contributed by atoms with Gasteiger partial charge in [0.25, 0.3) is 0 Å². The molecular weight excluding hydrogens is 1630 g/mol. The molecule has 0 bridgehead atoms. The van der Waals surface area contributed by atoms with E-state index in [2.05, 4.69) is 0 Å². The van der Waals surface area contributed by atoms with E-state index in [4.69, 9.17) is 427 Å². The van der Waals surface area contributed by atoms with Crippen LogP contribution in [-0.4, -0.2) is 220 Å². The first kappa shape index (κ1) is 178. The van der Waals surface area contributed by atoms with Crippen molar-refractivity contribution in [3.8, 4) is 0 Å². The number of hydrogen-bond acceptors (Lipinski definition) is 11. The quantitative estimate of drug-likeness (QED) is 0.102. The summed E-state index contributed by atoms with van der Waals surface area (Å²) in [6.45, 7) is 0. The summed E-state index contributed by atoms with van der Waals surface area (Å²) in [6, 6.07) is 0. The predicted molar refractivity (Wildman–Crippen MR) is 355 cm³/mol. The van der Waals surface area contributed by atoms with E-state index >= 15 is 0 Å². The molecule has 0 aliphatic rings. The minimum Gasteiger partial charge on any atom is -0.400 e. The van der Waals surface area contributed by atoms with Crippen molar-refractivity contribution in [2.24, 2.45) is 0 Å². The highest BCUT2D eigenvalue weighted by molar-refractivity contribution is 6.44. The Hall–Kier alpha value is 8.84. The highest BCUT2D eigenvalue weighted by Crippen LogP contribution is 1.77. The van der Waals surface area contributed by atoms with Gasteiger partial charge in [0.2, 0.25) is 0 Å². The number of alkyl halides is 32. The Morgan fingerprint density at radius 1 is 0.100 bits per heavy atom. The maximum atomic E-state index is 7.00. The average Bonchev–Trinajstić information content (AvgIpc) is 3.37. The molecule has 0 aliphatic carbocycles. The fourth-order valence-electron chi connectivity index (χ4n) is 0. The van der Waals surface area contributed by atoms with Crippen molar-refractivity contribution in [1.29, 1.82) is 0 Å². The highest BCUT2D eigenvalue weighted by atomic mass is 35.6. The third kappa shape index (κ3) is 5660. The second-order valence-electron chi connectivity index (χ2n) is 1.62. The molecule has 11 nitrogen and oxygen atoms in total. The monoisotopic (exact) mass is 1700 g/mol. The molecule has 474 valence electrons. The van der Waals surface area contributed by atoms with E-state index in [0.717, 1.165) is 78.2 Å². The average molecular weight is 1710 g/mol. The van der Waals surface area contributed by atoms with Crippen LogP contribution in [-0.2, 0) is 0 Å². The molecule has 70 heavy (non-hydrogen) atoms. The van der Waals surface area contributed by atoms with Crippen molar-refractivity contribution in [3.05, 3.63) is 0 Å². The fourth-order valence-corrected chi connectivity index (χ4v) is 0. The van der Waals surface area contributed by atoms with Crippen LogP contribution in [0.15, 0.2) is 0 Å². The molecular formula is C27H76Cl32O11. The van der Waals surface area contributed by atoms with E-state index in [0.29, 0.717) is 0 Å². The third-order valence-corrected chi connectivity index (χ3v) is 0. The van der Waals surface area contributed by atoms with Gasteiger partial charge in [-0.15, -0.1) is 371 Å². The number of aliphatic hydroxyl groups excluding tert-OH is 11. The number of halogens is 32. The Bertz CT molecular complexity index is 167. The van der Waals surface area contributed by atoms with Crippen LogP contribution >= 0.6 is 371 Å². The molecule has 0 spiro atoms. The van der Waals surface area contributed by atoms with Gasteiger partial charge in [-0.05, 0) is 0 Å². The lowest BCUT2D eigenvalue weighted by molar-refractivity contribution is 0.399. The Labute approximate surface area is 583 Å². The maximum absolute atomic E-state index is 7.00. The van der Waals surface area contributed by atoms with Crippen LogP contribution < -0.4 is 0 Å². The van der Waals surface area contributed by atoms with Gasteiger partial charge in [-0.1, -0.05) is 0 Å². The molecule has 43 heteroatoms. The van der Waals surface area contributed by atoms with Gasteiger partial charge in [0.05, 0.1) is 85.4 Å². The van der Waals surface area contributed by atoms with Crippen LogP contribution in [0, 0.1) is 0 Å². The topological polar surface area (TPSA) is 223 Å². The lowest BCUT2D eigenvalue weighted by Gasteiger charge is -1.42. The summed E-state index contributed by atoms with van der Waals surface area (Å²) >= 11 is 152. The largest absolute Gasteiger partial charge is 0.400 e. The standard InChI is InChI=1S/16CH2Cl2.11CH4O/c16*2-1-3;11*1-2/h16*1H2;11*2H,1H3. The van der Waals surface area contributed by atoms with Crippen molar-refractivity contribution >= 4 is 371 Å². The molecule has 0 heterocycles. The van der Waals surface area contributed by atoms with Crippen LogP contribution in [0.5, 0.6) is 0 Å². The molecule has 0 rings (SSSR count). The minimum atomic E-state index is 0.194. The van der Waals surface area contributed by atoms with Gasteiger partial charge < -0.3 is 56.2 Å². The molecule has 0 saturated heterocycles. The van der Waals surface area contributed by atoms with Crippen LogP contribution in [0.2, 0.25) is 0 Å². The van der Waals surface area contributed by atoms with Crippen LogP contribution in [0.4, 0.5) is 0 Å². The van der Waals surface area contributed by atoms with Crippen molar-refractivity contribution in [2.45, 2.75) is 0 Å². The van der Waals surface area contributed by atoms with Crippen LogP contribution in [0.1, 0.15) is 0 Å². The first-order valence-electron chi connectivity index (χ1n) is 13.5. The molecule has 11 N–H and O–H groups in total. The molecule has 0 aromatic heterocycles. The number of aliphatic hydroxyl groups is 11. The minimum absolute atomic E-state index is 0.194. The van der Waals surface area contributed by atoms with E-state index < -0.39 is 0 Å². The zero-order valence-corrected chi connectivity index (χ0v) is 63.5. The van der Waals surface area contributed by atoms with Gasteiger partial charge in [0.15, 0.2) is 0 Å². The first-order chi connectivity index (χ1) is 33.6. The van der Waals surface area contributed by atoms with Crippen molar-refractivity contribution in [2.75, 3.05) is 164 Å².